The van der Waals surface area contributed by atoms with Crippen molar-refractivity contribution >= 4 is 0 Å². The van der Waals surface area contributed by atoms with Gasteiger partial charge in [-0.2, -0.15) is 4.98 Å². The Hall–Kier alpha value is -0.900. The molecule has 1 aromatic rings. The van der Waals surface area contributed by atoms with Crippen molar-refractivity contribution in [1.29, 1.82) is 0 Å². The zero-order chi connectivity index (χ0) is 14.5. The highest BCUT2D eigenvalue weighted by molar-refractivity contribution is 4.85. The molecule has 0 saturated heterocycles. The van der Waals surface area contributed by atoms with Crippen molar-refractivity contribution in [2.45, 2.75) is 84.6 Å². The summed E-state index contributed by atoms with van der Waals surface area (Å²) in [6.07, 6.45) is 13.0. The molecule has 116 valence electrons. The van der Waals surface area contributed by atoms with Crippen molar-refractivity contribution in [3.05, 3.63) is 11.7 Å². The van der Waals surface area contributed by atoms with E-state index in [0.717, 1.165) is 31.1 Å². The highest BCUT2D eigenvalue weighted by atomic mass is 16.5. The van der Waals surface area contributed by atoms with Crippen molar-refractivity contribution < 1.29 is 4.52 Å². The molecule has 1 N–H and O–H groups in total. The number of hydrogen-bond acceptors (Lipinski definition) is 4. The molecule has 0 saturated carbocycles. The van der Waals surface area contributed by atoms with Gasteiger partial charge in [-0.3, -0.25) is 0 Å². The van der Waals surface area contributed by atoms with Gasteiger partial charge in [0.15, 0.2) is 5.82 Å². The molecule has 20 heavy (non-hydrogen) atoms. The normalized spacial score (nSPS) is 11.1. The molecule has 0 atom stereocenters. The van der Waals surface area contributed by atoms with E-state index in [1.807, 2.05) is 0 Å². The maximum absolute atomic E-state index is 5.23. The third-order valence-electron chi connectivity index (χ3n) is 3.54. The molecule has 0 amide bonds. The van der Waals surface area contributed by atoms with Crippen LogP contribution in [-0.2, 0) is 13.0 Å². The molecule has 0 spiro atoms. The molecule has 0 bridgehead atoms. The molecular weight excluding hydrogens is 250 g/mol. The molecule has 4 heteroatoms. The summed E-state index contributed by atoms with van der Waals surface area (Å²) in [7, 11) is 0. The first-order valence-corrected chi connectivity index (χ1v) is 8.39. The van der Waals surface area contributed by atoms with E-state index in [9.17, 15) is 0 Å². The van der Waals surface area contributed by atoms with Crippen molar-refractivity contribution in [2.75, 3.05) is 6.54 Å². The quantitative estimate of drug-likeness (QED) is 0.549. The molecule has 0 radical (unpaired) electrons. The van der Waals surface area contributed by atoms with E-state index in [0.29, 0.717) is 6.54 Å². The zero-order valence-corrected chi connectivity index (χ0v) is 13.3. The lowest BCUT2D eigenvalue weighted by atomic mass is 10.1. The van der Waals surface area contributed by atoms with Gasteiger partial charge in [0.2, 0.25) is 5.89 Å². The van der Waals surface area contributed by atoms with Gasteiger partial charge in [0, 0.05) is 6.42 Å². The summed E-state index contributed by atoms with van der Waals surface area (Å²) in [4.78, 5) is 4.38. The van der Waals surface area contributed by atoms with Gasteiger partial charge < -0.3 is 9.84 Å². The Kier molecular flexibility index (Phi) is 10.2. The van der Waals surface area contributed by atoms with E-state index in [1.165, 1.54) is 51.4 Å². The van der Waals surface area contributed by atoms with E-state index >= 15 is 0 Å². The SMILES string of the molecule is CCCCCCCCCCCc1nc(CNCC)no1. The van der Waals surface area contributed by atoms with Gasteiger partial charge in [-0.1, -0.05) is 70.4 Å². The van der Waals surface area contributed by atoms with E-state index in [-0.39, 0.29) is 0 Å². The minimum Gasteiger partial charge on any atom is -0.339 e. The minimum atomic E-state index is 0.706. The lowest BCUT2D eigenvalue weighted by Gasteiger charge is -2.00. The van der Waals surface area contributed by atoms with Crippen LogP contribution in [0.5, 0.6) is 0 Å². The Morgan fingerprint density at radius 3 is 2.20 bits per heavy atom. The van der Waals surface area contributed by atoms with Crippen LogP contribution in [0.2, 0.25) is 0 Å². The Morgan fingerprint density at radius 1 is 0.900 bits per heavy atom. The van der Waals surface area contributed by atoms with Gasteiger partial charge in [-0.15, -0.1) is 0 Å². The highest BCUT2D eigenvalue weighted by Gasteiger charge is 2.04. The number of nitrogens with one attached hydrogen (secondary N) is 1. The number of aromatic nitrogens is 2. The average Bonchev–Trinajstić information content (AvgIpc) is 2.91. The largest absolute Gasteiger partial charge is 0.339 e. The van der Waals surface area contributed by atoms with Crippen molar-refractivity contribution in [3.8, 4) is 0 Å². The summed E-state index contributed by atoms with van der Waals surface area (Å²) < 4.78 is 5.23. The first-order chi connectivity index (χ1) is 9.86. The maximum atomic E-state index is 5.23. The summed E-state index contributed by atoms with van der Waals surface area (Å²) in [6, 6.07) is 0. The number of aryl methyl sites for hydroxylation is 1. The summed E-state index contributed by atoms with van der Waals surface area (Å²) >= 11 is 0. The standard InChI is InChI=1S/C16H31N3O/c1-3-5-6-7-8-9-10-11-12-13-16-18-15(19-20-16)14-17-4-2/h17H,3-14H2,1-2H3. The maximum Gasteiger partial charge on any atom is 0.226 e. The molecule has 0 unspecified atom stereocenters. The van der Waals surface area contributed by atoms with Crippen LogP contribution in [0.1, 0.15) is 83.3 Å². The zero-order valence-electron chi connectivity index (χ0n) is 13.3. The second-order valence-electron chi connectivity index (χ2n) is 5.46. The number of hydrogen-bond donors (Lipinski definition) is 1. The van der Waals surface area contributed by atoms with Gasteiger partial charge in [0.25, 0.3) is 0 Å². The number of nitrogens with zero attached hydrogens (tertiary/aromatic N) is 2. The fraction of sp³-hybridized carbons (Fsp3) is 0.875. The topological polar surface area (TPSA) is 51.0 Å². The van der Waals surface area contributed by atoms with E-state index in [1.54, 1.807) is 0 Å². The van der Waals surface area contributed by atoms with E-state index in [4.69, 9.17) is 4.52 Å². The van der Waals surface area contributed by atoms with Crippen LogP contribution < -0.4 is 5.32 Å². The summed E-state index contributed by atoms with van der Waals surface area (Å²) in [5.41, 5.74) is 0. The molecule has 1 aromatic heterocycles. The average molecular weight is 281 g/mol. The smallest absolute Gasteiger partial charge is 0.226 e. The van der Waals surface area contributed by atoms with Crippen molar-refractivity contribution in [3.63, 3.8) is 0 Å². The number of rotatable bonds is 13. The predicted octanol–water partition coefficient (Wildman–Crippen LogP) is 4.25. The number of unbranched alkanes of at least 4 members (excludes halogenated alkanes) is 8. The molecule has 0 fully saturated rings. The van der Waals surface area contributed by atoms with Crippen LogP contribution >= 0.6 is 0 Å². The van der Waals surface area contributed by atoms with Crippen molar-refractivity contribution in [2.24, 2.45) is 0 Å². The molecule has 0 aliphatic rings. The lowest BCUT2D eigenvalue weighted by Crippen LogP contribution is -2.12. The Labute approximate surface area is 123 Å². The van der Waals surface area contributed by atoms with Crippen LogP contribution in [0, 0.1) is 0 Å². The summed E-state index contributed by atoms with van der Waals surface area (Å²) in [6.45, 7) is 5.98. The molecule has 0 aliphatic carbocycles. The van der Waals surface area contributed by atoms with E-state index < -0.39 is 0 Å². The predicted molar refractivity (Wildman–Crippen MR) is 82.6 cm³/mol. The Bertz CT molecular complexity index is 325. The van der Waals surface area contributed by atoms with Gasteiger partial charge in [0.05, 0.1) is 6.54 Å². The second-order valence-corrected chi connectivity index (χ2v) is 5.46. The summed E-state index contributed by atoms with van der Waals surface area (Å²) in [5, 5.41) is 7.16. The molecular formula is C16H31N3O. The van der Waals surface area contributed by atoms with Gasteiger partial charge in [-0.05, 0) is 13.0 Å². The Balaban J connectivity index is 1.94. The van der Waals surface area contributed by atoms with Crippen LogP contribution in [0.25, 0.3) is 0 Å². The first kappa shape index (κ1) is 17.2. The third-order valence-corrected chi connectivity index (χ3v) is 3.54. The lowest BCUT2D eigenvalue weighted by molar-refractivity contribution is 0.367. The van der Waals surface area contributed by atoms with Crippen LogP contribution in [-0.4, -0.2) is 16.7 Å². The fourth-order valence-corrected chi connectivity index (χ4v) is 2.29. The summed E-state index contributed by atoms with van der Waals surface area (Å²) in [5.74, 6) is 1.57. The van der Waals surface area contributed by atoms with Gasteiger partial charge >= 0.3 is 0 Å². The van der Waals surface area contributed by atoms with Crippen LogP contribution in [0.3, 0.4) is 0 Å². The van der Waals surface area contributed by atoms with Gasteiger partial charge in [0.1, 0.15) is 0 Å². The molecule has 0 aromatic carbocycles. The molecule has 4 nitrogen and oxygen atoms in total. The van der Waals surface area contributed by atoms with E-state index in [2.05, 4.69) is 29.3 Å². The van der Waals surface area contributed by atoms with Crippen LogP contribution in [0.4, 0.5) is 0 Å². The highest BCUT2D eigenvalue weighted by Crippen LogP contribution is 2.11. The van der Waals surface area contributed by atoms with Crippen LogP contribution in [0.15, 0.2) is 4.52 Å². The Morgan fingerprint density at radius 2 is 1.55 bits per heavy atom. The molecule has 0 aliphatic heterocycles. The molecule has 1 heterocycles. The second kappa shape index (κ2) is 11.9. The fourth-order valence-electron chi connectivity index (χ4n) is 2.29. The molecule has 1 rings (SSSR count). The third kappa shape index (κ3) is 8.31. The monoisotopic (exact) mass is 281 g/mol. The van der Waals surface area contributed by atoms with Crippen molar-refractivity contribution in [1.82, 2.24) is 15.5 Å². The minimum absolute atomic E-state index is 0.706. The first-order valence-electron chi connectivity index (χ1n) is 8.39. The van der Waals surface area contributed by atoms with Gasteiger partial charge in [-0.25, -0.2) is 0 Å².